The number of ether oxygens (including phenoxy) is 1. The fourth-order valence-corrected chi connectivity index (χ4v) is 3.90. The first-order valence-corrected chi connectivity index (χ1v) is 13.2. The summed E-state index contributed by atoms with van der Waals surface area (Å²) >= 11 is 0. The van der Waals surface area contributed by atoms with Gasteiger partial charge in [-0.05, 0) is 44.5 Å². The number of nitrogens with one attached hydrogen (secondary N) is 2. The highest BCUT2D eigenvalue weighted by atomic mass is 16.5. The average molecular weight is 483 g/mol. The first-order chi connectivity index (χ1) is 16.9. The van der Waals surface area contributed by atoms with Crippen molar-refractivity contribution in [3.63, 3.8) is 0 Å². The Hall–Kier alpha value is -2.86. The van der Waals surface area contributed by atoms with E-state index in [1.54, 1.807) is 24.3 Å². The van der Waals surface area contributed by atoms with Crippen LogP contribution in [0.15, 0.2) is 48.5 Å². The topological polar surface area (TPSA) is 67.4 Å². The summed E-state index contributed by atoms with van der Waals surface area (Å²) in [5, 5.41) is 5.93. The summed E-state index contributed by atoms with van der Waals surface area (Å²) in [6, 6.07) is 14.4. The molecule has 192 valence electrons. The minimum Gasteiger partial charge on any atom is -0.493 e. The number of anilines is 1. The van der Waals surface area contributed by atoms with Crippen LogP contribution in [0.1, 0.15) is 80.0 Å². The molecule has 2 rings (SSSR count). The van der Waals surface area contributed by atoms with E-state index in [1.807, 2.05) is 24.3 Å². The van der Waals surface area contributed by atoms with Gasteiger partial charge in [-0.25, -0.2) is 0 Å². The highest BCUT2D eigenvalue weighted by Gasteiger charge is 2.19. The summed E-state index contributed by atoms with van der Waals surface area (Å²) < 4.78 is 6.84. The largest absolute Gasteiger partial charge is 0.493 e. The first kappa shape index (κ1) is 28.4. The lowest BCUT2D eigenvalue weighted by Crippen LogP contribution is -2.48. The van der Waals surface area contributed by atoms with E-state index in [2.05, 4.69) is 38.5 Å². The molecule has 0 unspecified atom stereocenters. The Labute approximate surface area is 211 Å². The molecular formula is C29H44N3O3+. The number of benzene rings is 2. The maximum absolute atomic E-state index is 13.1. The number of carbonyl (C=O) groups excluding carboxylic acids is 2. The maximum atomic E-state index is 13.1. The molecule has 0 aliphatic rings. The normalized spacial score (nSPS) is 11.2. The molecule has 0 atom stereocenters. The van der Waals surface area contributed by atoms with E-state index in [4.69, 9.17) is 4.74 Å². The zero-order chi connectivity index (χ0) is 25.5. The SMILES string of the molecule is CCCCCCCCOc1ccccc1C(=O)Nc1ccccc1C(=O)NCC[N+](C)(CC)CC. The number of para-hydroxylation sites is 2. The molecule has 0 heterocycles. The number of quaternary nitrogens is 1. The van der Waals surface area contributed by atoms with Crippen LogP contribution in [0.4, 0.5) is 5.69 Å². The summed E-state index contributed by atoms with van der Waals surface area (Å²) in [6.45, 7) is 10.6. The van der Waals surface area contributed by atoms with Crippen molar-refractivity contribution in [3.8, 4) is 5.75 Å². The lowest BCUT2D eigenvalue weighted by Gasteiger charge is -2.32. The molecule has 0 aromatic heterocycles. The Kier molecular flexibility index (Phi) is 12.3. The number of hydrogen-bond donors (Lipinski definition) is 2. The van der Waals surface area contributed by atoms with Gasteiger partial charge in [0.2, 0.25) is 0 Å². The molecule has 0 saturated carbocycles. The molecule has 0 aliphatic carbocycles. The number of likely N-dealkylation sites (N-methyl/N-ethyl adjacent to an activating group) is 1. The third-order valence-electron chi connectivity index (χ3n) is 6.77. The number of hydrogen-bond acceptors (Lipinski definition) is 3. The highest BCUT2D eigenvalue weighted by Crippen LogP contribution is 2.22. The second kappa shape index (κ2) is 15.2. The molecule has 2 amide bonds. The van der Waals surface area contributed by atoms with Crippen LogP contribution in [0.2, 0.25) is 0 Å². The van der Waals surface area contributed by atoms with Crippen molar-refractivity contribution in [1.82, 2.24) is 5.32 Å². The Morgan fingerprint density at radius 1 is 0.800 bits per heavy atom. The molecule has 0 aliphatic heterocycles. The van der Waals surface area contributed by atoms with E-state index in [0.717, 1.165) is 37.0 Å². The van der Waals surface area contributed by atoms with Gasteiger partial charge in [0.15, 0.2) is 0 Å². The molecule has 35 heavy (non-hydrogen) atoms. The van der Waals surface area contributed by atoms with Gasteiger partial charge in [0, 0.05) is 0 Å². The number of nitrogens with zero attached hydrogens (tertiary/aromatic N) is 1. The number of amides is 2. The van der Waals surface area contributed by atoms with Gasteiger partial charge in [0.1, 0.15) is 5.75 Å². The molecular weight excluding hydrogens is 438 g/mol. The number of carbonyl (C=O) groups is 2. The van der Waals surface area contributed by atoms with Gasteiger partial charge in [-0.1, -0.05) is 63.3 Å². The average Bonchev–Trinajstić information content (AvgIpc) is 2.88. The van der Waals surface area contributed by atoms with Crippen molar-refractivity contribution in [1.29, 1.82) is 0 Å². The standard InChI is InChI=1S/C29H43N3O3/c1-5-8-9-10-11-16-23-35-27-20-15-13-18-25(27)29(34)31-26-19-14-12-17-24(26)28(33)30-21-22-32(4,6-2)7-3/h12-15,17-20H,5-11,16,21-23H2,1-4H3,(H-,30,31,33,34)/p+1. The second-order valence-corrected chi connectivity index (χ2v) is 9.34. The van der Waals surface area contributed by atoms with Crippen LogP contribution in [0.3, 0.4) is 0 Å². The molecule has 2 N–H and O–H groups in total. The lowest BCUT2D eigenvalue weighted by atomic mass is 10.1. The van der Waals surface area contributed by atoms with E-state index in [-0.39, 0.29) is 11.8 Å². The third kappa shape index (κ3) is 9.36. The quantitative estimate of drug-likeness (QED) is 0.231. The van der Waals surface area contributed by atoms with Crippen LogP contribution in [0.5, 0.6) is 5.75 Å². The van der Waals surface area contributed by atoms with Gasteiger partial charge in [-0.2, -0.15) is 0 Å². The first-order valence-electron chi connectivity index (χ1n) is 13.2. The van der Waals surface area contributed by atoms with E-state index in [1.165, 1.54) is 25.7 Å². The number of unbranched alkanes of at least 4 members (excludes halogenated alkanes) is 5. The van der Waals surface area contributed by atoms with Gasteiger partial charge >= 0.3 is 0 Å². The third-order valence-corrected chi connectivity index (χ3v) is 6.77. The van der Waals surface area contributed by atoms with Crippen LogP contribution in [-0.4, -0.2) is 56.1 Å². The minimum atomic E-state index is -0.287. The smallest absolute Gasteiger partial charge is 0.259 e. The number of rotatable bonds is 16. The van der Waals surface area contributed by atoms with Crippen molar-refractivity contribution in [2.75, 3.05) is 45.2 Å². The Morgan fingerprint density at radius 3 is 2.14 bits per heavy atom. The van der Waals surface area contributed by atoms with Gasteiger partial charge in [-0.15, -0.1) is 0 Å². The van der Waals surface area contributed by atoms with Crippen molar-refractivity contribution in [2.45, 2.75) is 59.3 Å². The molecule has 6 nitrogen and oxygen atoms in total. The van der Waals surface area contributed by atoms with Gasteiger partial charge in [0.25, 0.3) is 11.8 Å². The summed E-state index contributed by atoms with van der Waals surface area (Å²) in [5.41, 5.74) is 1.41. The van der Waals surface area contributed by atoms with E-state index >= 15 is 0 Å². The van der Waals surface area contributed by atoms with Crippen molar-refractivity contribution >= 4 is 17.5 Å². The van der Waals surface area contributed by atoms with Crippen LogP contribution in [0.25, 0.3) is 0 Å². The summed E-state index contributed by atoms with van der Waals surface area (Å²) in [7, 11) is 2.19. The summed E-state index contributed by atoms with van der Waals surface area (Å²) in [6.07, 6.45) is 7.09. The Bertz CT molecular complexity index is 925. The maximum Gasteiger partial charge on any atom is 0.259 e. The van der Waals surface area contributed by atoms with Gasteiger partial charge in [-0.3, -0.25) is 9.59 Å². The summed E-state index contributed by atoms with van der Waals surface area (Å²) in [4.78, 5) is 26.0. The van der Waals surface area contributed by atoms with Crippen molar-refractivity contribution < 1.29 is 18.8 Å². The van der Waals surface area contributed by atoms with Gasteiger partial charge in [0.05, 0.1) is 56.6 Å². The zero-order valence-electron chi connectivity index (χ0n) is 22.1. The molecule has 0 saturated heterocycles. The van der Waals surface area contributed by atoms with E-state index in [9.17, 15) is 9.59 Å². The predicted octanol–water partition coefficient (Wildman–Crippen LogP) is 5.89. The van der Waals surface area contributed by atoms with Gasteiger partial charge < -0.3 is 19.9 Å². The van der Waals surface area contributed by atoms with Crippen LogP contribution >= 0.6 is 0 Å². The fourth-order valence-electron chi connectivity index (χ4n) is 3.90. The Morgan fingerprint density at radius 2 is 1.43 bits per heavy atom. The Balaban J connectivity index is 1.98. The molecule has 0 fully saturated rings. The molecule has 0 spiro atoms. The van der Waals surface area contributed by atoms with E-state index in [0.29, 0.717) is 35.7 Å². The van der Waals surface area contributed by atoms with Crippen molar-refractivity contribution in [2.24, 2.45) is 0 Å². The fraction of sp³-hybridized carbons (Fsp3) is 0.517. The van der Waals surface area contributed by atoms with Crippen LogP contribution < -0.4 is 15.4 Å². The molecule has 0 bridgehead atoms. The monoisotopic (exact) mass is 482 g/mol. The van der Waals surface area contributed by atoms with Crippen LogP contribution in [0, 0.1) is 0 Å². The molecule has 2 aromatic carbocycles. The minimum absolute atomic E-state index is 0.188. The van der Waals surface area contributed by atoms with Crippen molar-refractivity contribution in [3.05, 3.63) is 59.7 Å². The zero-order valence-corrected chi connectivity index (χ0v) is 22.1. The predicted molar refractivity (Wildman–Crippen MR) is 144 cm³/mol. The molecule has 2 aromatic rings. The summed E-state index contributed by atoms with van der Waals surface area (Å²) in [5.74, 6) is 0.0916. The van der Waals surface area contributed by atoms with Crippen LogP contribution in [-0.2, 0) is 0 Å². The second-order valence-electron chi connectivity index (χ2n) is 9.34. The molecule has 0 radical (unpaired) electrons. The highest BCUT2D eigenvalue weighted by molar-refractivity contribution is 6.10. The van der Waals surface area contributed by atoms with E-state index < -0.39 is 0 Å². The molecule has 6 heteroatoms. The lowest BCUT2D eigenvalue weighted by molar-refractivity contribution is -0.904.